The fourth-order valence-corrected chi connectivity index (χ4v) is 14.5. The molecule has 2 nitrogen and oxygen atoms in total. The van der Waals surface area contributed by atoms with Crippen molar-refractivity contribution in [3.63, 3.8) is 0 Å². The van der Waals surface area contributed by atoms with Crippen LogP contribution in [0, 0.1) is 20.8 Å². The van der Waals surface area contributed by atoms with Crippen LogP contribution in [0.3, 0.4) is 0 Å². The maximum absolute atomic E-state index is 2.74. The molecule has 7 aromatic rings. The van der Waals surface area contributed by atoms with E-state index in [0.29, 0.717) is 0 Å². The van der Waals surface area contributed by atoms with E-state index >= 15 is 0 Å². The van der Waals surface area contributed by atoms with Crippen molar-refractivity contribution in [1.82, 2.24) is 0 Å². The van der Waals surface area contributed by atoms with Crippen LogP contribution in [-0.2, 0) is 32.5 Å². The number of benzene rings is 6. The van der Waals surface area contributed by atoms with Gasteiger partial charge in [0, 0.05) is 43.3 Å². The van der Waals surface area contributed by atoms with Crippen LogP contribution in [0.25, 0.3) is 21.2 Å². The summed E-state index contributed by atoms with van der Waals surface area (Å²) in [6.07, 6.45) is 4.73. The lowest BCUT2D eigenvalue weighted by molar-refractivity contribution is 0.332. The fourth-order valence-electron chi connectivity index (χ4n) is 13.2. The van der Waals surface area contributed by atoms with Gasteiger partial charge in [0.05, 0.1) is 5.69 Å². The van der Waals surface area contributed by atoms with Crippen molar-refractivity contribution >= 4 is 78.0 Å². The van der Waals surface area contributed by atoms with Crippen LogP contribution in [0.1, 0.15) is 173 Å². The van der Waals surface area contributed by atoms with Crippen molar-refractivity contribution in [3.8, 4) is 11.1 Å². The molecule has 6 aromatic carbocycles. The van der Waals surface area contributed by atoms with Gasteiger partial charge in [-0.1, -0.05) is 151 Å². The summed E-state index contributed by atoms with van der Waals surface area (Å²) in [5, 5.41) is 1.34. The quantitative estimate of drug-likeness (QED) is 0.163. The highest BCUT2D eigenvalue weighted by molar-refractivity contribution is 7.33. The Kier molecular flexibility index (Phi) is 10.1. The molecule has 0 spiro atoms. The minimum absolute atomic E-state index is 0.0317. The summed E-state index contributed by atoms with van der Waals surface area (Å²) < 4.78 is 2.81. The highest BCUT2D eigenvalue weighted by Gasteiger charge is 2.49. The second kappa shape index (κ2) is 15.0. The Bertz CT molecular complexity index is 3260. The zero-order valence-electron chi connectivity index (χ0n) is 44.9. The van der Waals surface area contributed by atoms with E-state index < -0.39 is 0 Å². The van der Waals surface area contributed by atoms with E-state index in [4.69, 9.17) is 0 Å². The molecule has 354 valence electrons. The molecule has 11 rings (SSSR count). The summed E-state index contributed by atoms with van der Waals surface area (Å²) in [5.41, 5.74) is 26.3. The molecule has 0 amide bonds. The Hall–Kier alpha value is -5.06. The molecular weight excluding hydrogens is 852 g/mol. The van der Waals surface area contributed by atoms with Gasteiger partial charge in [-0.05, 0) is 194 Å². The summed E-state index contributed by atoms with van der Waals surface area (Å²) in [5.74, 6) is 0. The molecule has 3 heterocycles. The maximum atomic E-state index is 2.74. The Balaban J connectivity index is 1.31. The van der Waals surface area contributed by atoms with Crippen molar-refractivity contribution in [2.24, 2.45) is 0 Å². The zero-order chi connectivity index (χ0) is 49.3. The summed E-state index contributed by atoms with van der Waals surface area (Å²) in [6.45, 7) is 40.8. The average Bonchev–Trinajstić information content (AvgIpc) is 3.64. The summed E-state index contributed by atoms with van der Waals surface area (Å²) in [6, 6.07) is 39.9. The Labute approximate surface area is 419 Å². The predicted molar refractivity (Wildman–Crippen MR) is 303 cm³/mol. The molecule has 0 saturated carbocycles. The maximum Gasteiger partial charge on any atom is 0.264 e. The highest BCUT2D eigenvalue weighted by Crippen LogP contribution is 2.54. The van der Waals surface area contributed by atoms with Crippen LogP contribution in [0.5, 0.6) is 0 Å². The SMILES string of the molecule is Cc1cc(C)c(-c2cc3c4c(c2)N(c2ccc(C(C)(C)C)cc2)c2c(sc5cc(C(C)(C)C)ccc25)B4c2cc4c(cc2N3c2ccc3c(c2)C(C)(C)CCC3(C)C)C(C)(C)CCC4(C)C)c(C)c1. The first-order valence-electron chi connectivity index (χ1n) is 26.0. The van der Waals surface area contributed by atoms with Gasteiger partial charge >= 0.3 is 0 Å². The van der Waals surface area contributed by atoms with Crippen LogP contribution in [0.15, 0.2) is 97.1 Å². The Morgan fingerprint density at radius 3 is 1.58 bits per heavy atom. The molecular formula is C65H75BN2S. The van der Waals surface area contributed by atoms with Gasteiger partial charge < -0.3 is 9.80 Å². The summed E-state index contributed by atoms with van der Waals surface area (Å²) >= 11 is 2.04. The number of hydrogen-bond acceptors (Lipinski definition) is 3. The van der Waals surface area contributed by atoms with Crippen molar-refractivity contribution in [3.05, 3.63) is 147 Å². The molecule has 2 aliphatic carbocycles. The molecule has 1 aromatic heterocycles. The number of anilines is 6. The smallest absolute Gasteiger partial charge is 0.264 e. The molecule has 0 fully saturated rings. The third kappa shape index (κ3) is 7.14. The number of thiophene rings is 1. The largest absolute Gasteiger partial charge is 0.311 e. The van der Waals surface area contributed by atoms with Gasteiger partial charge in [-0.2, -0.15) is 0 Å². The van der Waals surface area contributed by atoms with E-state index in [-0.39, 0.29) is 39.2 Å². The Morgan fingerprint density at radius 1 is 0.493 bits per heavy atom. The minimum Gasteiger partial charge on any atom is -0.311 e. The lowest BCUT2D eigenvalue weighted by Crippen LogP contribution is -2.61. The molecule has 0 atom stereocenters. The third-order valence-corrected chi connectivity index (χ3v) is 18.8. The van der Waals surface area contributed by atoms with Crippen LogP contribution < -0.4 is 25.5 Å². The first kappa shape index (κ1) is 46.3. The average molecular weight is 927 g/mol. The van der Waals surface area contributed by atoms with Gasteiger partial charge in [0.1, 0.15) is 0 Å². The van der Waals surface area contributed by atoms with E-state index in [2.05, 4.69) is 225 Å². The first-order chi connectivity index (χ1) is 32.2. The molecule has 4 heteroatoms. The minimum atomic E-state index is 0.0317. The van der Waals surface area contributed by atoms with E-state index in [9.17, 15) is 0 Å². The topological polar surface area (TPSA) is 6.48 Å². The molecule has 2 aliphatic heterocycles. The predicted octanol–water partition coefficient (Wildman–Crippen LogP) is 16.9. The van der Waals surface area contributed by atoms with Crippen molar-refractivity contribution < 1.29 is 0 Å². The van der Waals surface area contributed by atoms with Crippen LogP contribution in [0.4, 0.5) is 34.1 Å². The highest BCUT2D eigenvalue weighted by atomic mass is 32.1. The number of aryl methyl sites for hydroxylation is 3. The van der Waals surface area contributed by atoms with Gasteiger partial charge in [-0.15, -0.1) is 11.3 Å². The second-order valence-corrected chi connectivity index (χ2v) is 27.7. The van der Waals surface area contributed by atoms with E-state index in [1.54, 1.807) is 0 Å². The zero-order valence-corrected chi connectivity index (χ0v) is 45.8. The van der Waals surface area contributed by atoms with Gasteiger partial charge in [0.25, 0.3) is 6.71 Å². The number of nitrogens with zero attached hydrogens (tertiary/aromatic N) is 2. The van der Waals surface area contributed by atoms with E-state index in [1.807, 2.05) is 11.3 Å². The van der Waals surface area contributed by atoms with Crippen molar-refractivity contribution in [2.75, 3.05) is 9.80 Å². The number of rotatable bonds is 3. The summed E-state index contributed by atoms with van der Waals surface area (Å²) in [7, 11) is 0. The summed E-state index contributed by atoms with van der Waals surface area (Å²) in [4.78, 5) is 5.42. The molecule has 4 aliphatic rings. The lowest BCUT2D eigenvalue weighted by Gasteiger charge is -2.47. The second-order valence-electron chi connectivity index (χ2n) is 26.6. The molecule has 0 unspecified atom stereocenters. The third-order valence-electron chi connectivity index (χ3n) is 17.6. The standard InChI is InChI=1S/C65H75BN2S/c1-38-30-39(2)56(40(3)31-38)41-32-53-57-54(33-41)68(44-21-18-42(19-22-44)60(4,5)6)58-46-24-20-43(61(7,8)9)34-55(46)69-59(58)66(57)51-36-49-50(65(16,17)29-28-64(49,14)15)37-52(51)67(53)45-23-25-47-48(35-45)63(12,13)27-26-62(47,10)11/h18-25,30-37H,26-29H2,1-17H3. The van der Waals surface area contributed by atoms with Crippen LogP contribution in [-0.4, -0.2) is 6.71 Å². The molecule has 0 radical (unpaired) electrons. The van der Waals surface area contributed by atoms with Crippen LogP contribution >= 0.6 is 11.3 Å². The molecule has 0 N–H and O–H groups in total. The molecule has 0 saturated heterocycles. The fraction of sp³-hybridized carbons (Fsp3) is 0.415. The van der Waals surface area contributed by atoms with Crippen molar-refractivity contribution in [2.45, 2.75) is 176 Å². The van der Waals surface area contributed by atoms with Gasteiger partial charge in [-0.3, -0.25) is 0 Å². The molecule has 0 bridgehead atoms. The van der Waals surface area contributed by atoms with Gasteiger partial charge in [0.2, 0.25) is 0 Å². The monoisotopic (exact) mass is 927 g/mol. The normalized spacial score (nSPS) is 18.4. The van der Waals surface area contributed by atoms with Gasteiger partial charge in [0.15, 0.2) is 0 Å². The van der Waals surface area contributed by atoms with E-state index in [0.717, 1.165) is 0 Å². The lowest BCUT2D eigenvalue weighted by atomic mass is 9.35. The number of hydrogen-bond donors (Lipinski definition) is 0. The van der Waals surface area contributed by atoms with Crippen molar-refractivity contribution in [1.29, 1.82) is 0 Å². The first-order valence-corrected chi connectivity index (χ1v) is 26.9. The number of fused-ring (bicyclic) bond motifs is 8. The van der Waals surface area contributed by atoms with Gasteiger partial charge in [-0.25, -0.2) is 0 Å². The molecule has 69 heavy (non-hydrogen) atoms. The van der Waals surface area contributed by atoms with E-state index in [1.165, 1.54) is 147 Å². The Morgan fingerprint density at radius 2 is 1.00 bits per heavy atom. The van der Waals surface area contributed by atoms with Crippen LogP contribution in [0.2, 0.25) is 0 Å².